The fourth-order valence-electron chi connectivity index (χ4n) is 2.49. The molecule has 1 unspecified atom stereocenters. The Hall–Kier alpha value is -1.51. The van der Waals surface area contributed by atoms with Gasteiger partial charge >= 0.3 is 0 Å². The lowest BCUT2D eigenvalue weighted by Crippen LogP contribution is -2.48. The molecule has 1 aromatic heterocycles. The van der Waals surface area contributed by atoms with Gasteiger partial charge in [0.2, 0.25) is 0 Å². The third-order valence-corrected chi connectivity index (χ3v) is 4.88. The van der Waals surface area contributed by atoms with Crippen LogP contribution in [0.3, 0.4) is 0 Å². The molecular weight excluding hydrogens is 282 g/mol. The van der Waals surface area contributed by atoms with Gasteiger partial charge in [-0.1, -0.05) is 30.8 Å². The number of para-hydroxylation sites is 2. The molecule has 0 saturated heterocycles. The third kappa shape index (κ3) is 3.07. The summed E-state index contributed by atoms with van der Waals surface area (Å²) < 4.78 is 5.73. The Kier molecular flexibility index (Phi) is 4.18. The number of fused-ring (bicyclic) bond motifs is 1. The molecule has 1 aliphatic rings. The molecule has 110 valence electrons. The minimum absolute atomic E-state index is 0.443. The summed E-state index contributed by atoms with van der Waals surface area (Å²) >= 11 is 1.53. The van der Waals surface area contributed by atoms with Crippen LogP contribution in [0, 0.1) is 17.2 Å². The summed E-state index contributed by atoms with van der Waals surface area (Å²) in [6.07, 6.45) is 3.31. The van der Waals surface area contributed by atoms with Crippen molar-refractivity contribution in [2.75, 3.05) is 12.3 Å². The second kappa shape index (κ2) is 6.08. The zero-order valence-electron chi connectivity index (χ0n) is 12.1. The number of benzene rings is 1. The number of aromatic nitrogens is 1. The Morgan fingerprint density at radius 1 is 1.48 bits per heavy atom. The second-order valence-electron chi connectivity index (χ2n) is 5.52. The molecule has 1 aromatic carbocycles. The molecule has 1 heterocycles. The molecule has 1 fully saturated rings. The molecule has 0 aliphatic heterocycles. The van der Waals surface area contributed by atoms with Crippen molar-refractivity contribution in [3.63, 3.8) is 0 Å². The minimum Gasteiger partial charge on any atom is -0.431 e. The van der Waals surface area contributed by atoms with E-state index in [-0.39, 0.29) is 0 Å². The molecule has 4 nitrogen and oxygen atoms in total. The van der Waals surface area contributed by atoms with Crippen LogP contribution in [-0.2, 0) is 0 Å². The van der Waals surface area contributed by atoms with Crippen LogP contribution < -0.4 is 5.32 Å². The number of nitrogens with one attached hydrogen (secondary N) is 1. The highest BCUT2D eigenvalue weighted by Gasteiger charge is 2.45. The summed E-state index contributed by atoms with van der Waals surface area (Å²) in [6.45, 7) is 2.99. The standard InChI is InChI=1S/C16H19N3OS/c1-2-9-18-16(10-17,12-7-8-12)11-21-15-19-13-5-3-4-6-14(13)20-15/h3-6,12,18H,2,7-9,11H2,1H3. The molecule has 2 aromatic rings. The summed E-state index contributed by atoms with van der Waals surface area (Å²) in [5.41, 5.74) is 1.23. The first-order valence-electron chi connectivity index (χ1n) is 7.42. The molecule has 1 aliphatic carbocycles. The summed E-state index contributed by atoms with van der Waals surface area (Å²) in [6, 6.07) is 10.3. The molecule has 21 heavy (non-hydrogen) atoms. The zero-order chi connectivity index (χ0) is 14.7. The van der Waals surface area contributed by atoms with Gasteiger partial charge in [-0.25, -0.2) is 4.98 Å². The molecule has 3 rings (SSSR count). The number of thioether (sulfide) groups is 1. The molecule has 0 spiro atoms. The van der Waals surface area contributed by atoms with E-state index in [1.165, 1.54) is 11.8 Å². The number of hydrogen-bond donors (Lipinski definition) is 1. The number of hydrogen-bond acceptors (Lipinski definition) is 5. The lowest BCUT2D eigenvalue weighted by molar-refractivity contribution is 0.403. The maximum atomic E-state index is 9.65. The molecule has 1 N–H and O–H groups in total. The van der Waals surface area contributed by atoms with Crippen molar-refractivity contribution in [3.8, 4) is 6.07 Å². The van der Waals surface area contributed by atoms with Gasteiger partial charge in [0.05, 0.1) is 6.07 Å². The van der Waals surface area contributed by atoms with Gasteiger partial charge in [-0.3, -0.25) is 5.32 Å². The van der Waals surface area contributed by atoms with Crippen LogP contribution in [-0.4, -0.2) is 22.8 Å². The van der Waals surface area contributed by atoms with Crippen LogP contribution in [0.5, 0.6) is 0 Å². The maximum Gasteiger partial charge on any atom is 0.256 e. The molecule has 0 amide bonds. The van der Waals surface area contributed by atoms with Crippen molar-refractivity contribution in [3.05, 3.63) is 24.3 Å². The quantitative estimate of drug-likeness (QED) is 0.792. The van der Waals surface area contributed by atoms with Gasteiger partial charge in [-0.2, -0.15) is 5.26 Å². The number of nitriles is 1. The Morgan fingerprint density at radius 2 is 2.29 bits per heavy atom. The van der Waals surface area contributed by atoms with Crippen molar-refractivity contribution in [2.24, 2.45) is 5.92 Å². The number of rotatable bonds is 7. The summed E-state index contributed by atoms with van der Waals surface area (Å²) in [7, 11) is 0. The Bertz CT molecular complexity index is 626. The predicted octanol–water partition coefficient (Wildman–Crippen LogP) is 3.59. The van der Waals surface area contributed by atoms with E-state index in [1.807, 2.05) is 24.3 Å². The van der Waals surface area contributed by atoms with Crippen LogP contribution in [0.4, 0.5) is 0 Å². The van der Waals surface area contributed by atoms with Gasteiger partial charge in [0.1, 0.15) is 11.1 Å². The largest absolute Gasteiger partial charge is 0.431 e. The summed E-state index contributed by atoms with van der Waals surface area (Å²) in [4.78, 5) is 4.47. The zero-order valence-corrected chi connectivity index (χ0v) is 12.9. The second-order valence-corrected chi connectivity index (χ2v) is 6.45. The molecule has 0 radical (unpaired) electrons. The van der Waals surface area contributed by atoms with Gasteiger partial charge < -0.3 is 4.42 Å². The normalized spacial score (nSPS) is 17.5. The molecule has 0 bridgehead atoms. The van der Waals surface area contributed by atoms with Gasteiger partial charge in [0, 0.05) is 5.75 Å². The number of oxazole rings is 1. The van der Waals surface area contributed by atoms with Crippen LogP contribution in [0.2, 0.25) is 0 Å². The Morgan fingerprint density at radius 3 is 2.95 bits per heavy atom. The van der Waals surface area contributed by atoms with Crippen molar-refractivity contribution in [2.45, 2.75) is 36.9 Å². The van der Waals surface area contributed by atoms with E-state index >= 15 is 0 Å². The average Bonchev–Trinajstić information content (AvgIpc) is 3.28. The molecule has 5 heteroatoms. The Balaban J connectivity index is 1.72. The van der Waals surface area contributed by atoms with E-state index < -0.39 is 5.54 Å². The van der Waals surface area contributed by atoms with Crippen molar-refractivity contribution in [1.29, 1.82) is 5.26 Å². The highest BCUT2D eigenvalue weighted by molar-refractivity contribution is 7.99. The first-order valence-corrected chi connectivity index (χ1v) is 8.40. The Labute approximate surface area is 128 Å². The van der Waals surface area contributed by atoms with Gasteiger partial charge in [0.25, 0.3) is 5.22 Å². The monoisotopic (exact) mass is 301 g/mol. The van der Waals surface area contributed by atoms with E-state index in [0.717, 1.165) is 36.9 Å². The first-order chi connectivity index (χ1) is 10.3. The smallest absolute Gasteiger partial charge is 0.256 e. The molecular formula is C16H19N3OS. The van der Waals surface area contributed by atoms with Gasteiger partial charge in [0.15, 0.2) is 5.58 Å². The van der Waals surface area contributed by atoms with Crippen LogP contribution in [0.25, 0.3) is 11.1 Å². The van der Waals surface area contributed by atoms with Crippen molar-refractivity contribution in [1.82, 2.24) is 10.3 Å². The maximum absolute atomic E-state index is 9.65. The van der Waals surface area contributed by atoms with Crippen LogP contribution in [0.15, 0.2) is 33.9 Å². The lowest BCUT2D eigenvalue weighted by Gasteiger charge is -2.27. The molecule has 1 atom stereocenters. The van der Waals surface area contributed by atoms with Crippen LogP contribution in [0.1, 0.15) is 26.2 Å². The fourth-order valence-corrected chi connectivity index (χ4v) is 3.55. The summed E-state index contributed by atoms with van der Waals surface area (Å²) in [5.74, 6) is 1.15. The van der Waals surface area contributed by atoms with E-state index in [0.29, 0.717) is 16.9 Å². The van der Waals surface area contributed by atoms with Gasteiger partial charge in [-0.15, -0.1) is 0 Å². The SMILES string of the molecule is CCCNC(C#N)(CSc1nc2ccccc2o1)C1CC1. The van der Waals surface area contributed by atoms with E-state index in [4.69, 9.17) is 4.42 Å². The minimum atomic E-state index is -0.443. The van der Waals surface area contributed by atoms with E-state index in [1.54, 1.807) is 0 Å². The average molecular weight is 301 g/mol. The fraction of sp³-hybridized carbons (Fsp3) is 0.500. The summed E-state index contributed by atoms with van der Waals surface area (Å²) in [5, 5.41) is 13.7. The lowest BCUT2D eigenvalue weighted by atomic mass is 9.97. The van der Waals surface area contributed by atoms with E-state index in [9.17, 15) is 5.26 Å². The predicted molar refractivity (Wildman–Crippen MR) is 84.1 cm³/mol. The first kappa shape index (κ1) is 14.4. The molecule has 1 saturated carbocycles. The van der Waals surface area contributed by atoms with Crippen LogP contribution >= 0.6 is 11.8 Å². The number of nitrogens with zero attached hydrogens (tertiary/aromatic N) is 2. The third-order valence-electron chi connectivity index (χ3n) is 3.86. The van der Waals surface area contributed by atoms with Crippen molar-refractivity contribution < 1.29 is 4.42 Å². The topological polar surface area (TPSA) is 61.9 Å². The highest BCUT2D eigenvalue weighted by Crippen LogP contribution is 2.42. The highest BCUT2D eigenvalue weighted by atomic mass is 32.2. The van der Waals surface area contributed by atoms with Crippen molar-refractivity contribution >= 4 is 22.9 Å². The van der Waals surface area contributed by atoms with Gasteiger partial charge in [-0.05, 0) is 43.9 Å². The van der Waals surface area contributed by atoms with E-state index in [2.05, 4.69) is 23.3 Å².